The van der Waals surface area contributed by atoms with Crippen molar-refractivity contribution in [2.75, 3.05) is 6.61 Å². The summed E-state index contributed by atoms with van der Waals surface area (Å²) in [6.45, 7) is 2.91. The van der Waals surface area contributed by atoms with Crippen LogP contribution in [0.1, 0.15) is 67.7 Å². The van der Waals surface area contributed by atoms with E-state index in [0.717, 1.165) is 65.4 Å². The van der Waals surface area contributed by atoms with Gasteiger partial charge in [-0.1, -0.05) is 74.7 Å². The molecule has 3 heterocycles. The second kappa shape index (κ2) is 14.4. The molecule has 2 aliphatic heterocycles. The third kappa shape index (κ3) is 7.79. The Hall–Kier alpha value is -4.04. The quantitative estimate of drug-likeness (QED) is 0.180. The lowest BCUT2D eigenvalue weighted by molar-refractivity contribution is 0.0172. The SMILES string of the molecule is CCCCC[C@H]1C[C@H](O)CCc2ccc(O)c(c2)OCc2cc(Cc3ccccc3)cc3cn(cc23)C2=C(C=CC(N)N2)CO1. The van der Waals surface area contributed by atoms with Gasteiger partial charge in [0.15, 0.2) is 11.5 Å². The molecule has 7 nitrogen and oxygen atoms in total. The lowest BCUT2D eigenvalue weighted by Gasteiger charge is -2.26. The largest absolute Gasteiger partial charge is 0.504 e. The van der Waals surface area contributed by atoms with Gasteiger partial charge in [0.25, 0.3) is 0 Å². The molecule has 4 aromatic rings. The summed E-state index contributed by atoms with van der Waals surface area (Å²) in [6, 6.07) is 20.4. The monoisotopic (exact) mass is 607 g/mol. The molecule has 0 radical (unpaired) electrons. The molecular formula is C38H45N3O4. The van der Waals surface area contributed by atoms with Crippen molar-refractivity contribution in [3.63, 3.8) is 0 Å². The van der Waals surface area contributed by atoms with Crippen LogP contribution in [0.2, 0.25) is 0 Å². The van der Waals surface area contributed by atoms with E-state index in [0.29, 0.717) is 38.2 Å². The smallest absolute Gasteiger partial charge is 0.161 e. The number of phenols is 1. The third-order valence-corrected chi connectivity index (χ3v) is 8.84. The van der Waals surface area contributed by atoms with Crippen molar-refractivity contribution in [1.82, 2.24) is 9.88 Å². The molecule has 1 aromatic heterocycles. The zero-order valence-corrected chi connectivity index (χ0v) is 26.1. The van der Waals surface area contributed by atoms with Crippen LogP contribution < -0.4 is 15.8 Å². The van der Waals surface area contributed by atoms with Crippen LogP contribution in [0.4, 0.5) is 0 Å². The van der Waals surface area contributed by atoms with E-state index >= 15 is 0 Å². The number of hydrogen-bond acceptors (Lipinski definition) is 6. The summed E-state index contributed by atoms with van der Waals surface area (Å²) in [4.78, 5) is 0. The predicted octanol–water partition coefficient (Wildman–Crippen LogP) is 6.79. The summed E-state index contributed by atoms with van der Waals surface area (Å²) >= 11 is 0. The Kier molecular flexibility index (Phi) is 9.89. The van der Waals surface area contributed by atoms with Crippen molar-refractivity contribution in [2.45, 2.75) is 83.3 Å². The fourth-order valence-corrected chi connectivity index (χ4v) is 6.37. The van der Waals surface area contributed by atoms with Crippen molar-refractivity contribution in [3.8, 4) is 11.5 Å². The van der Waals surface area contributed by atoms with Crippen molar-refractivity contribution in [1.29, 1.82) is 0 Å². The molecule has 3 aromatic carbocycles. The van der Waals surface area contributed by atoms with Crippen LogP contribution in [0.5, 0.6) is 11.5 Å². The fraction of sp³-hybridized carbons (Fsp3) is 0.368. The van der Waals surface area contributed by atoms with Crippen LogP contribution in [0, 0.1) is 0 Å². The number of rotatable bonds is 6. The highest BCUT2D eigenvalue weighted by atomic mass is 16.5. The molecule has 0 saturated carbocycles. The van der Waals surface area contributed by atoms with E-state index in [-0.39, 0.29) is 18.0 Å². The average Bonchev–Trinajstić information content (AvgIpc) is 3.47. The number of nitrogens with two attached hydrogens (primary N) is 1. The van der Waals surface area contributed by atoms with Gasteiger partial charge in [-0.2, -0.15) is 0 Å². The maximum Gasteiger partial charge on any atom is 0.161 e. The molecule has 0 spiro atoms. The number of dihydropyridines is 1. The van der Waals surface area contributed by atoms with Gasteiger partial charge in [-0.05, 0) is 78.6 Å². The van der Waals surface area contributed by atoms with Crippen molar-refractivity contribution < 1.29 is 19.7 Å². The number of aromatic nitrogens is 1. The van der Waals surface area contributed by atoms with Gasteiger partial charge in [-0.15, -0.1) is 0 Å². The lowest BCUT2D eigenvalue weighted by Crippen LogP contribution is -2.38. The number of benzene rings is 3. The maximum atomic E-state index is 11.0. The Bertz CT molecular complexity index is 1660. The first-order valence-corrected chi connectivity index (χ1v) is 16.3. The molecule has 1 unspecified atom stereocenters. The van der Waals surface area contributed by atoms with Gasteiger partial charge in [0, 0.05) is 28.7 Å². The Morgan fingerprint density at radius 1 is 1.00 bits per heavy atom. The Balaban J connectivity index is 1.42. The van der Waals surface area contributed by atoms with Crippen LogP contribution in [0.25, 0.3) is 16.6 Å². The highest BCUT2D eigenvalue weighted by Gasteiger charge is 2.21. The van der Waals surface area contributed by atoms with Crippen LogP contribution in [-0.4, -0.2) is 39.8 Å². The highest BCUT2D eigenvalue weighted by molar-refractivity contribution is 5.88. The first-order chi connectivity index (χ1) is 21.9. The number of fused-ring (bicyclic) bond motifs is 4. The van der Waals surface area contributed by atoms with Crippen molar-refractivity contribution in [2.24, 2.45) is 5.73 Å². The number of aliphatic hydroxyl groups is 1. The molecule has 7 heteroatoms. The maximum absolute atomic E-state index is 11.0. The summed E-state index contributed by atoms with van der Waals surface area (Å²) in [5.41, 5.74) is 11.8. The third-order valence-electron chi connectivity index (χ3n) is 8.84. The summed E-state index contributed by atoms with van der Waals surface area (Å²) < 4.78 is 15.0. The van der Waals surface area contributed by atoms with E-state index in [2.05, 4.69) is 71.7 Å². The van der Waals surface area contributed by atoms with Gasteiger partial charge >= 0.3 is 0 Å². The van der Waals surface area contributed by atoms with Crippen molar-refractivity contribution in [3.05, 3.63) is 113 Å². The molecule has 0 amide bonds. The summed E-state index contributed by atoms with van der Waals surface area (Å²) in [5.74, 6) is 1.44. The molecule has 3 atom stereocenters. The molecule has 45 heavy (non-hydrogen) atoms. The van der Waals surface area contributed by atoms with Gasteiger partial charge in [0.05, 0.1) is 25.0 Å². The van der Waals surface area contributed by atoms with Crippen molar-refractivity contribution >= 4 is 16.6 Å². The second-order valence-electron chi connectivity index (χ2n) is 12.4. The number of nitrogens with one attached hydrogen (secondary N) is 1. The standard InChI is InChI=1S/C38H45N3O4/c1-2-3-5-10-33-21-32(42)14-11-27-12-15-35(43)36(20-27)45-25-31-19-28(17-26-8-6-4-7-9-26)18-30-22-41(23-34(30)31)38-29(24-44-33)13-16-37(39)40-38/h4,6-9,12-13,15-16,18-20,22-23,32-33,37,40,42-43H,2-3,5,10-11,14,17,21,24-25,39H2,1H3/t32-,33+,37?/m1/s1. The van der Waals surface area contributed by atoms with Crippen LogP contribution >= 0.6 is 0 Å². The van der Waals surface area contributed by atoms with E-state index in [9.17, 15) is 10.2 Å². The number of phenolic OH excluding ortho intramolecular Hbond substituents is 1. The van der Waals surface area contributed by atoms with Crippen LogP contribution in [-0.2, 0) is 24.2 Å². The first kappa shape index (κ1) is 31.0. The molecule has 236 valence electrons. The summed E-state index contributed by atoms with van der Waals surface area (Å²) in [7, 11) is 0. The first-order valence-electron chi connectivity index (χ1n) is 16.3. The number of ether oxygens (including phenoxy) is 2. The molecule has 0 aliphatic carbocycles. The Morgan fingerprint density at radius 3 is 2.71 bits per heavy atom. The van der Waals surface area contributed by atoms with E-state index < -0.39 is 6.10 Å². The highest BCUT2D eigenvalue weighted by Crippen LogP contribution is 2.32. The lowest BCUT2D eigenvalue weighted by atomic mass is 9.99. The molecule has 2 aliphatic rings. The Morgan fingerprint density at radius 2 is 1.87 bits per heavy atom. The summed E-state index contributed by atoms with van der Waals surface area (Å²) in [6.07, 6.45) is 14.3. The van der Waals surface area contributed by atoms with E-state index in [4.69, 9.17) is 15.2 Å². The van der Waals surface area contributed by atoms with E-state index in [1.54, 1.807) is 6.07 Å². The van der Waals surface area contributed by atoms with Crippen LogP contribution in [0.15, 0.2) is 90.8 Å². The topological polar surface area (TPSA) is 102 Å². The zero-order valence-electron chi connectivity index (χ0n) is 26.1. The summed E-state index contributed by atoms with van der Waals surface area (Å²) in [5, 5.41) is 27.4. The van der Waals surface area contributed by atoms with E-state index in [1.165, 1.54) is 11.1 Å². The van der Waals surface area contributed by atoms with Gasteiger partial charge in [-0.3, -0.25) is 0 Å². The number of aromatic hydroxyl groups is 1. The molecule has 0 saturated heterocycles. The van der Waals surface area contributed by atoms with E-state index in [1.807, 2.05) is 24.3 Å². The Labute approximate surface area is 266 Å². The zero-order chi connectivity index (χ0) is 31.2. The minimum atomic E-state index is -0.497. The number of hydrogen-bond donors (Lipinski definition) is 4. The van der Waals surface area contributed by atoms with Gasteiger partial charge < -0.3 is 35.3 Å². The minimum absolute atomic E-state index is 0.0576. The number of unbranched alkanes of at least 4 members (excludes halogenated alkanes) is 2. The van der Waals surface area contributed by atoms with Gasteiger partial charge in [-0.25, -0.2) is 0 Å². The van der Waals surface area contributed by atoms with Gasteiger partial charge in [0.2, 0.25) is 0 Å². The fourth-order valence-electron chi connectivity index (χ4n) is 6.37. The normalized spacial score (nSPS) is 20.7. The number of aryl methyl sites for hydroxylation is 1. The minimum Gasteiger partial charge on any atom is -0.504 e. The molecule has 4 bridgehead atoms. The van der Waals surface area contributed by atoms with Crippen LogP contribution in [0.3, 0.4) is 0 Å². The number of nitrogens with zero attached hydrogens (tertiary/aromatic N) is 1. The molecule has 0 fully saturated rings. The molecule has 6 rings (SSSR count). The average molecular weight is 608 g/mol. The van der Waals surface area contributed by atoms with Gasteiger partial charge in [0.1, 0.15) is 12.4 Å². The number of aliphatic hydroxyl groups excluding tert-OH is 1. The second-order valence-corrected chi connectivity index (χ2v) is 12.4. The predicted molar refractivity (Wildman–Crippen MR) is 180 cm³/mol. The molecular weight excluding hydrogens is 562 g/mol. The molecule has 5 N–H and O–H groups in total.